The van der Waals surface area contributed by atoms with Crippen molar-refractivity contribution in [3.63, 3.8) is 0 Å². The van der Waals surface area contributed by atoms with E-state index in [2.05, 4.69) is 5.32 Å². The number of carbonyl (C=O) groups excluding carboxylic acids is 4. The number of fused-ring (bicyclic) bond motifs is 2. The molecular weight excluding hydrogens is 500 g/mol. The second kappa shape index (κ2) is 9.52. The lowest BCUT2D eigenvalue weighted by molar-refractivity contribution is -0.187. The van der Waals surface area contributed by atoms with Crippen LogP contribution >= 0.6 is 0 Å². The number of nitrogens with two attached hydrogens (primary N) is 1. The van der Waals surface area contributed by atoms with Crippen molar-refractivity contribution in [2.24, 2.45) is 11.7 Å². The number of ketones is 1. The van der Waals surface area contributed by atoms with Crippen molar-refractivity contribution in [3.8, 4) is 0 Å². The summed E-state index contributed by atoms with van der Waals surface area (Å²) in [7, 11) is 0. The molecule has 1 aromatic carbocycles. The lowest BCUT2D eigenvalue weighted by atomic mass is 9.85. The molecule has 2 aliphatic carbocycles. The van der Waals surface area contributed by atoms with E-state index in [0.29, 0.717) is 16.9 Å². The fourth-order valence-electron chi connectivity index (χ4n) is 4.91. The molecule has 0 bridgehead atoms. The molecule has 1 aliphatic heterocycles. The van der Waals surface area contributed by atoms with E-state index in [-0.39, 0.29) is 24.2 Å². The number of halogens is 4. The number of ether oxygens (including phenoxy) is 1. The molecule has 9 nitrogen and oxygen atoms in total. The monoisotopic (exact) mass is 524 g/mol. The normalized spacial score (nSPS) is 23.8. The third-order valence-corrected chi connectivity index (χ3v) is 6.85. The Morgan fingerprint density at radius 3 is 2.54 bits per heavy atom. The van der Waals surface area contributed by atoms with Crippen molar-refractivity contribution in [1.82, 2.24) is 15.1 Å². The van der Waals surface area contributed by atoms with Gasteiger partial charge < -0.3 is 20.7 Å². The van der Waals surface area contributed by atoms with Crippen molar-refractivity contribution in [2.45, 2.75) is 44.1 Å². The van der Waals surface area contributed by atoms with Crippen molar-refractivity contribution in [2.75, 3.05) is 13.1 Å². The highest BCUT2D eigenvalue weighted by atomic mass is 19.4. The molecule has 1 saturated carbocycles. The zero-order valence-corrected chi connectivity index (χ0v) is 19.7. The Balaban J connectivity index is 1.53. The van der Waals surface area contributed by atoms with Crippen molar-refractivity contribution in [3.05, 3.63) is 59.1 Å². The van der Waals surface area contributed by atoms with Gasteiger partial charge in [0.15, 0.2) is 11.4 Å². The Labute approximate surface area is 208 Å². The number of nitrogens with one attached hydrogen (secondary N) is 1. The fraction of sp³-hybridized carbons (Fsp3) is 0.417. The Morgan fingerprint density at radius 1 is 1.24 bits per heavy atom. The lowest BCUT2D eigenvalue weighted by Gasteiger charge is -2.32. The van der Waals surface area contributed by atoms with Crippen LogP contribution in [0.5, 0.6) is 0 Å². The van der Waals surface area contributed by atoms with Crippen LogP contribution in [0.1, 0.15) is 25.3 Å². The summed E-state index contributed by atoms with van der Waals surface area (Å²) in [6, 6.07) is 1.63. The highest BCUT2D eigenvalue weighted by Gasteiger charge is 2.56. The number of urea groups is 1. The molecule has 0 radical (unpaired) electrons. The Bertz CT molecular complexity index is 1200. The summed E-state index contributed by atoms with van der Waals surface area (Å²) in [5, 5.41) is 2.25. The molecule has 1 unspecified atom stereocenters. The maximum absolute atomic E-state index is 13.6. The van der Waals surface area contributed by atoms with Crippen LogP contribution in [0.3, 0.4) is 0 Å². The average Bonchev–Trinajstić information content (AvgIpc) is 3.33. The standard InChI is InChI=1S/C24H24F4N4O5/c1-13(24(26,27)28)32(10-14-2-4-15(25)5-3-14)19(33)11-31-12-23(37-22(31)36)9-8-16-17(23)6-7-18(20(16)34)30-21(29)35/h2-7,13,16H,8-12H2,1H3,(H3,29,30,35)/t13-,16?,23-/m0/s1. The van der Waals surface area contributed by atoms with Crippen LogP contribution in [0.15, 0.2) is 47.7 Å². The number of hydrogen-bond acceptors (Lipinski definition) is 5. The molecule has 4 rings (SSSR count). The number of amides is 4. The van der Waals surface area contributed by atoms with Gasteiger partial charge >= 0.3 is 18.3 Å². The predicted octanol–water partition coefficient (Wildman–Crippen LogP) is 2.77. The first-order chi connectivity index (χ1) is 17.3. The van der Waals surface area contributed by atoms with Gasteiger partial charge in [-0.05, 0) is 49.1 Å². The van der Waals surface area contributed by atoms with Gasteiger partial charge in [-0.1, -0.05) is 18.2 Å². The molecule has 1 heterocycles. The van der Waals surface area contributed by atoms with Crippen LogP contribution in [0.2, 0.25) is 0 Å². The van der Waals surface area contributed by atoms with E-state index in [4.69, 9.17) is 10.5 Å². The number of benzene rings is 1. The maximum Gasteiger partial charge on any atom is 0.411 e. The van der Waals surface area contributed by atoms with Crippen LogP contribution in [-0.4, -0.2) is 64.5 Å². The molecule has 0 aromatic heterocycles. The number of rotatable bonds is 6. The summed E-state index contributed by atoms with van der Waals surface area (Å²) in [5.41, 5.74) is 4.64. The summed E-state index contributed by atoms with van der Waals surface area (Å²) >= 11 is 0. The molecule has 3 aliphatic rings. The van der Waals surface area contributed by atoms with Crippen LogP contribution in [0.25, 0.3) is 0 Å². The summed E-state index contributed by atoms with van der Waals surface area (Å²) in [5.74, 6) is -2.62. The van der Waals surface area contributed by atoms with E-state index in [1.54, 1.807) is 6.08 Å². The van der Waals surface area contributed by atoms with Gasteiger partial charge in [0.25, 0.3) is 0 Å². The lowest BCUT2D eigenvalue weighted by Crippen LogP contribution is -2.50. The van der Waals surface area contributed by atoms with Crippen molar-refractivity contribution >= 4 is 23.8 Å². The van der Waals surface area contributed by atoms with Gasteiger partial charge in [-0.3, -0.25) is 14.5 Å². The molecule has 13 heteroatoms. The van der Waals surface area contributed by atoms with Crippen LogP contribution < -0.4 is 11.1 Å². The Hall–Kier alpha value is -3.90. The predicted molar refractivity (Wildman–Crippen MR) is 120 cm³/mol. The van der Waals surface area contributed by atoms with E-state index >= 15 is 0 Å². The van der Waals surface area contributed by atoms with E-state index in [0.717, 1.165) is 24.0 Å². The van der Waals surface area contributed by atoms with Crippen molar-refractivity contribution < 1.29 is 41.5 Å². The van der Waals surface area contributed by atoms with Crippen LogP contribution in [0, 0.1) is 11.7 Å². The molecule has 4 amide bonds. The zero-order valence-electron chi connectivity index (χ0n) is 19.7. The summed E-state index contributed by atoms with van der Waals surface area (Å²) in [6.07, 6.45) is -2.18. The number of carbonyl (C=O) groups is 4. The number of hydrogen-bond donors (Lipinski definition) is 2. The minimum atomic E-state index is -4.74. The average molecular weight is 524 g/mol. The smallest absolute Gasteiger partial charge is 0.411 e. The molecule has 37 heavy (non-hydrogen) atoms. The Morgan fingerprint density at radius 2 is 1.92 bits per heavy atom. The maximum atomic E-state index is 13.6. The van der Waals surface area contributed by atoms with Gasteiger partial charge in [0.1, 0.15) is 18.4 Å². The number of primary amides is 1. The third-order valence-electron chi connectivity index (χ3n) is 6.85. The van der Waals surface area contributed by atoms with Gasteiger partial charge in [-0.2, -0.15) is 13.2 Å². The fourth-order valence-corrected chi connectivity index (χ4v) is 4.91. The van der Waals surface area contributed by atoms with Gasteiger partial charge in [0.05, 0.1) is 12.2 Å². The summed E-state index contributed by atoms with van der Waals surface area (Å²) in [4.78, 5) is 51.2. The van der Waals surface area contributed by atoms with Crippen molar-refractivity contribution in [1.29, 1.82) is 0 Å². The van der Waals surface area contributed by atoms with E-state index in [1.165, 1.54) is 18.2 Å². The van der Waals surface area contributed by atoms with Gasteiger partial charge in [-0.25, -0.2) is 14.0 Å². The minimum absolute atomic E-state index is 0.00670. The van der Waals surface area contributed by atoms with E-state index in [1.807, 2.05) is 0 Å². The first-order valence-electron chi connectivity index (χ1n) is 11.4. The summed E-state index contributed by atoms with van der Waals surface area (Å²) in [6.45, 7) is -0.436. The molecule has 2 fully saturated rings. The number of nitrogens with zero attached hydrogens (tertiary/aromatic N) is 2. The molecule has 198 valence electrons. The van der Waals surface area contributed by atoms with E-state index < -0.39 is 66.5 Å². The molecule has 1 saturated heterocycles. The van der Waals surface area contributed by atoms with Crippen LogP contribution in [-0.2, 0) is 20.9 Å². The third kappa shape index (κ3) is 5.16. The van der Waals surface area contributed by atoms with Crippen LogP contribution in [0.4, 0.5) is 27.2 Å². The zero-order chi connectivity index (χ0) is 27.1. The quantitative estimate of drug-likeness (QED) is 0.555. The number of Topliss-reactive ketones (excluding diaryl/α,β-unsaturated/α-hetero) is 1. The second-order valence-corrected chi connectivity index (χ2v) is 9.23. The Kier molecular flexibility index (Phi) is 6.74. The first kappa shape index (κ1) is 26.2. The van der Waals surface area contributed by atoms with Gasteiger partial charge in [0, 0.05) is 12.5 Å². The number of allylic oxidation sites excluding steroid dienone is 3. The largest absolute Gasteiger partial charge is 0.436 e. The van der Waals surface area contributed by atoms with E-state index in [9.17, 15) is 36.7 Å². The van der Waals surface area contributed by atoms with Gasteiger partial charge in [0.2, 0.25) is 5.91 Å². The molecule has 3 N–H and O–H groups in total. The highest BCUT2D eigenvalue weighted by molar-refractivity contribution is 6.03. The second-order valence-electron chi connectivity index (χ2n) is 9.23. The molecule has 3 atom stereocenters. The number of alkyl halides is 3. The minimum Gasteiger partial charge on any atom is -0.436 e. The highest BCUT2D eigenvalue weighted by Crippen LogP contribution is 2.48. The first-order valence-corrected chi connectivity index (χ1v) is 11.4. The molecule has 1 aromatic rings. The molecule has 1 spiro atoms. The topological polar surface area (TPSA) is 122 Å². The SMILES string of the molecule is C[C@H](N(Cc1ccc(F)cc1)C(=O)CN1C[C@]2(CCC3C(=O)C(NC(N)=O)=CC=C32)OC1=O)C(F)(F)F. The van der Waals surface area contributed by atoms with Gasteiger partial charge in [-0.15, -0.1) is 0 Å². The molecular formula is C24H24F4N4O5. The summed E-state index contributed by atoms with van der Waals surface area (Å²) < 4.78 is 59.5.